The Kier molecular flexibility index (Phi) is 5.65. The Balaban J connectivity index is 1.41. The Hall–Kier alpha value is -3.56. The number of aromatic nitrogens is 3. The van der Waals surface area contributed by atoms with Gasteiger partial charge in [0, 0.05) is 35.4 Å². The van der Waals surface area contributed by atoms with E-state index in [0.29, 0.717) is 30.1 Å². The summed E-state index contributed by atoms with van der Waals surface area (Å²) in [6, 6.07) is 19.8. The molecule has 33 heavy (non-hydrogen) atoms. The van der Waals surface area contributed by atoms with Crippen LogP contribution in [-0.2, 0) is 14.8 Å². The molecule has 0 spiro atoms. The Bertz CT molecular complexity index is 1400. The van der Waals surface area contributed by atoms with E-state index in [9.17, 15) is 8.42 Å². The normalized spacial score (nSPS) is 14.4. The molecule has 1 aliphatic heterocycles. The van der Waals surface area contributed by atoms with Gasteiger partial charge in [-0.1, -0.05) is 30.3 Å². The maximum absolute atomic E-state index is 13.2. The number of nitrogens with one attached hydrogen (secondary N) is 1. The number of benzene rings is 2. The predicted octanol–water partition coefficient (Wildman–Crippen LogP) is 3.64. The van der Waals surface area contributed by atoms with Gasteiger partial charge in [0.1, 0.15) is 4.90 Å². The van der Waals surface area contributed by atoms with Gasteiger partial charge in [0.15, 0.2) is 5.82 Å². The highest BCUT2D eigenvalue weighted by Gasteiger charge is 2.19. The fourth-order valence-electron chi connectivity index (χ4n) is 3.83. The molecule has 1 fully saturated rings. The van der Waals surface area contributed by atoms with Gasteiger partial charge in [-0.25, -0.2) is 8.42 Å². The van der Waals surface area contributed by atoms with Crippen molar-refractivity contribution in [3.05, 3.63) is 72.4 Å². The van der Waals surface area contributed by atoms with E-state index < -0.39 is 10.0 Å². The molecule has 0 unspecified atom stereocenters. The lowest BCUT2D eigenvalue weighted by atomic mass is 10.1. The number of morpholine rings is 1. The molecule has 2 aromatic heterocycles. The molecule has 0 radical (unpaired) electrons. The zero-order valence-corrected chi connectivity index (χ0v) is 18.9. The molecule has 0 aliphatic carbocycles. The van der Waals surface area contributed by atoms with E-state index in [1.165, 1.54) is 0 Å². The third kappa shape index (κ3) is 4.50. The van der Waals surface area contributed by atoms with Crippen LogP contribution in [0.15, 0.2) is 71.6 Å². The van der Waals surface area contributed by atoms with Crippen molar-refractivity contribution >= 4 is 32.4 Å². The summed E-state index contributed by atoms with van der Waals surface area (Å²) in [5, 5.41) is 9.47. The molecule has 0 saturated carbocycles. The lowest BCUT2D eigenvalue weighted by molar-refractivity contribution is 0.122. The zero-order valence-electron chi connectivity index (χ0n) is 18.1. The van der Waals surface area contributed by atoms with Crippen LogP contribution >= 0.6 is 0 Å². The maximum Gasteiger partial charge on any atom is 0.264 e. The van der Waals surface area contributed by atoms with E-state index in [1.807, 2.05) is 43.3 Å². The van der Waals surface area contributed by atoms with E-state index in [-0.39, 0.29) is 4.90 Å². The minimum Gasteiger partial charge on any atom is -0.378 e. The quantitative estimate of drug-likeness (QED) is 0.485. The van der Waals surface area contributed by atoms with Gasteiger partial charge in [-0.05, 0) is 43.3 Å². The average Bonchev–Trinajstić information content (AvgIpc) is 2.84. The summed E-state index contributed by atoms with van der Waals surface area (Å²) in [4.78, 5) is 6.72. The summed E-state index contributed by atoms with van der Waals surface area (Å²) in [7, 11) is -3.84. The Morgan fingerprint density at radius 1 is 0.939 bits per heavy atom. The van der Waals surface area contributed by atoms with Crippen LogP contribution in [0.5, 0.6) is 0 Å². The van der Waals surface area contributed by atoms with Gasteiger partial charge in [-0.2, -0.15) is 0 Å². The van der Waals surface area contributed by atoms with E-state index in [4.69, 9.17) is 4.74 Å². The Labute approximate surface area is 192 Å². The van der Waals surface area contributed by atoms with Crippen LogP contribution in [0.3, 0.4) is 0 Å². The fraction of sp³-hybridized carbons (Fsp3) is 0.208. The topological polar surface area (TPSA) is 97.3 Å². The highest BCUT2D eigenvalue weighted by atomic mass is 32.2. The summed E-state index contributed by atoms with van der Waals surface area (Å²) >= 11 is 0. The van der Waals surface area contributed by atoms with E-state index >= 15 is 0 Å². The standard InChI is InChI=1S/C24H23N5O3S/c1-17-8-9-18-4-3-7-22(24(18)25-17)33(30,31)28-20-6-2-5-19(16-20)21-10-11-23(27-26-21)29-12-14-32-15-13-29/h2-11,16,28H,12-15H2,1H3. The highest BCUT2D eigenvalue weighted by Crippen LogP contribution is 2.26. The molecule has 0 amide bonds. The lowest BCUT2D eigenvalue weighted by Crippen LogP contribution is -2.36. The van der Waals surface area contributed by atoms with E-state index in [1.54, 1.807) is 30.3 Å². The highest BCUT2D eigenvalue weighted by molar-refractivity contribution is 7.93. The van der Waals surface area contributed by atoms with Crippen molar-refractivity contribution in [2.24, 2.45) is 0 Å². The average molecular weight is 462 g/mol. The molecule has 1 N–H and O–H groups in total. The molecular weight excluding hydrogens is 438 g/mol. The number of aryl methyl sites for hydroxylation is 1. The first-order valence-electron chi connectivity index (χ1n) is 10.7. The SMILES string of the molecule is Cc1ccc2cccc(S(=O)(=O)Nc3cccc(-c4ccc(N5CCOCC5)nn4)c3)c2n1. The lowest BCUT2D eigenvalue weighted by Gasteiger charge is -2.27. The monoisotopic (exact) mass is 461 g/mol. The third-order valence-electron chi connectivity index (χ3n) is 5.51. The number of hydrogen-bond donors (Lipinski definition) is 1. The molecular formula is C24H23N5O3S. The van der Waals surface area contributed by atoms with Crippen LogP contribution in [0.4, 0.5) is 11.5 Å². The van der Waals surface area contributed by atoms with Gasteiger partial charge < -0.3 is 9.64 Å². The molecule has 2 aromatic carbocycles. The molecule has 8 nitrogen and oxygen atoms in total. The van der Waals surface area contributed by atoms with Gasteiger partial charge >= 0.3 is 0 Å². The molecule has 0 atom stereocenters. The molecule has 1 saturated heterocycles. The molecule has 168 valence electrons. The van der Waals surface area contributed by atoms with Gasteiger partial charge in [-0.15, -0.1) is 10.2 Å². The van der Waals surface area contributed by atoms with Crippen molar-refractivity contribution in [3.8, 4) is 11.3 Å². The van der Waals surface area contributed by atoms with Crippen molar-refractivity contribution in [3.63, 3.8) is 0 Å². The smallest absolute Gasteiger partial charge is 0.264 e. The molecule has 4 aromatic rings. The first-order valence-corrected chi connectivity index (χ1v) is 12.1. The van der Waals surface area contributed by atoms with E-state index in [0.717, 1.165) is 35.6 Å². The number of anilines is 2. The Morgan fingerprint density at radius 3 is 2.55 bits per heavy atom. The summed E-state index contributed by atoms with van der Waals surface area (Å²) in [5.41, 5.74) is 3.08. The van der Waals surface area contributed by atoms with Gasteiger partial charge in [0.05, 0.1) is 24.4 Å². The molecule has 0 bridgehead atoms. The van der Waals surface area contributed by atoms with Crippen molar-refractivity contribution in [1.29, 1.82) is 0 Å². The maximum atomic E-state index is 13.2. The largest absolute Gasteiger partial charge is 0.378 e. The molecule has 5 rings (SSSR count). The second-order valence-corrected chi connectivity index (χ2v) is 9.49. The predicted molar refractivity (Wildman–Crippen MR) is 128 cm³/mol. The van der Waals surface area contributed by atoms with Gasteiger partial charge in [-0.3, -0.25) is 9.71 Å². The van der Waals surface area contributed by atoms with Crippen LogP contribution in [0.2, 0.25) is 0 Å². The number of para-hydroxylation sites is 1. The summed E-state index contributed by atoms with van der Waals surface area (Å²) in [5.74, 6) is 0.803. The molecule has 1 aliphatic rings. The van der Waals surface area contributed by atoms with Crippen LogP contribution < -0.4 is 9.62 Å². The van der Waals surface area contributed by atoms with Crippen molar-refractivity contribution in [2.45, 2.75) is 11.8 Å². The van der Waals surface area contributed by atoms with Crippen LogP contribution in [-0.4, -0.2) is 49.9 Å². The van der Waals surface area contributed by atoms with E-state index in [2.05, 4.69) is 24.8 Å². The second-order valence-electron chi connectivity index (χ2n) is 7.84. The van der Waals surface area contributed by atoms with Crippen molar-refractivity contribution < 1.29 is 13.2 Å². The minimum atomic E-state index is -3.84. The Morgan fingerprint density at radius 2 is 1.76 bits per heavy atom. The summed E-state index contributed by atoms with van der Waals surface area (Å²) < 4.78 is 34.5. The number of pyridine rings is 1. The number of hydrogen-bond acceptors (Lipinski definition) is 7. The summed E-state index contributed by atoms with van der Waals surface area (Å²) in [6.45, 7) is 4.77. The van der Waals surface area contributed by atoms with Crippen LogP contribution in [0.1, 0.15) is 5.69 Å². The number of ether oxygens (including phenoxy) is 1. The van der Waals surface area contributed by atoms with Crippen LogP contribution in [0.25, 0.3) is 22.2 Å². The third-order valence-corrected chi connectivity index (χ3v) is 6.92. The van der Waals surface area contributed by atoms with Crippen molar-refractivity contribution in [2.75, 3.05) is 35.9 Å². The van der Waals surface area contributed by atoms with Crippen molar-refractivity contribution in [1.82, 2.24) is 15.2 Å². The molecule has 3 heterocycles. The fourth-order valence-corrected chi connectivity index (χ4v) is 5.05. The number of sulfonamides is 1. The number of fused-ring (bicyclic) bond motifs is 1. The summed E-state index contributed by atoms with van der Waals surface area (Å²) in [6.07, 6.45) is 0. The molecule has 9 heteroatoms. The number of rotatable bonds is 5. The number of nitrogens with zero attached hydrogens (tertiary/aromatic N) is 4. The van der Waals surface area contributed by atoms with Gasteiger partial charge in [0.2, 0.25) is 0 Å². The van der Waals surface area contributed by atoms with Crippen LogP contribution in [0, 0.1) is 6.92 Å². The zero-order chi connectivity index (χ0) is 22.8. The second kappa shape index (κ2) is 8.76. The minimum absolute atomic E-state index is 0.142. The van der Waals surface area contributed by atoms with Gasteiger partial charge in [0.25, 0.3) is 10.0 Å². The first kappa shape index (κ1) is 21.3. The first-order chi connectivity index (χ1) is 16.0.